The molecule has 0 spiro atoms. The van der Waals surface area contributed by atoms with E-state index in [-0.39, 0.29) is 12.5 Å². The van der Waals surface area contributed by atoms with Crippen molar-refractivity contribution in [2.75, 3.05) is 6.61 Å². The summed E-state index contributed by atoms with van der Waals surface area (Å²) in [5.41, 5.74) is 5.47. The molecule has 5 heteroatoms. The molecule has 0 aliphatic carbocycles. The summed E-state index contributed by atoms with van der Waals surface area (Å²) in [4.78, 5) is 11.8. The average Bonchev–Trinajstić information content (AvgIpc) is 2.59. The molecule has 0 aromatic heterocycles. The predicted molar refractivity (Wildman–Crippen MR) is 93.1 cm³/mol. The highest BCUT2D eigenvalue weighted by Gasteiger charge is 2.03. The van der Waals surface area contributed by atoms with E-state index < -0.39 is 0 Å². The second kappa shape index (κ2) is 8.34. The molecule has 23 heavy (non-hydrogen) atoms. The standard InChI is InChI=1S/C18H19ClN2O2/c1-3-14-4-6-15(7-5-14)13(2)20-21-18(22)12-23-17-10-8-16(19)9-11-17/h4-11H,3,12H2,1-2H3,(H,21,22). The van der Waals surface area contributed by atoms with E-state index in [0.29, 0.717) is 10.8 Å². The monoisotopic (exact) mass is 330 g/mol. The zero-order valence-electron chi connectivity index (χ0n) is 13.2. The molecule has 0 atom stereocenters. The number of rotatable bonds is 6. The Kier molecular flexibility index (Phi) is 6.18. The maximum Gasteiger partial charge on any atom is 0.277 e. The first kappa shape index (κ1) is 17.0. The third kappa shape index (κ3) is 5.42. The molecule has 0 saturated carbocycles. The highest BCUT2D eigenvalue weighted by Crippen LogP contribution is 2.15. The number of nitrogens with zero attached hydrogens (tertiary/aromatic N) is 1. The van der Waals surface area contributed by atoms with Crippen molar-refractivity contribution >= 4 is 23.2 Å². The summed E-state index contributed by atoms with van der Waals surface area (Å²) in [6, 6.07) is 14.9. The van der Waals surface area contributed by atoms with Crippen molar-refractivity contribution in [1.29, 1.82) is 0 Å². The van der Waals surface area contributed by atoms with Gasteiger partial charge in [0.25, 0.3) is 5.91 Å². The molecular weight excluding hydrogens is 312 g/mol. The van der Waals surface area contributed by atoms with Crippen molar-refractivity contribution in [3.8, 4) is 5.75 Å². The number of hydrazone groups is 1. The van der Waals surface area contributed by atoms with E-state index >= 15 is 0 Å². The maximum absolute atomic E-state index is 11.8. The van der Waals surface area contributed by atoms with Crippen LogP contribution in [0.4, 0.5) is 0 Å². The normalized spacial score (nSPS) is 11.2. The molecule has 0 unspecified atom stereocenters. The lowest BCUT2D eigenvalue weighted by Gasteiger charge is -2.06. The molecule has 0 aliphatic rings. The lowest BCUT2D eigenvalue weighted by molar-refractivity contribution is -0.123. The van der Waals surface area contributed by atoms with Gasteiger partial charge >= 0.3 is 0 Å². The fraction of sp³-hybridized carbons (Fsp3) is 0.222. The van der Waals surface area contributed by atoms with Gasteiger partial charge in [0.05, 0.1) is 5.71 Å². The molecule has 120 valence electrons. The van der Waals surface area contributed by atoms with Gasteiger partial charge in [-0.15, -0.1) is 0 Å². The number of carbonyl (C=O) groups excluding carboxylic acids is 1. The molecule has 0 saturated heterocycles. The third-order valence-electron chi connectivity index (χ3n) is 3.31. The number of nitrogens with one attached hydrogen (secondary N) is 1. The van der Waals surface area contributed by atoms with Crippen LogP contribution in [0.25, 0.3) is 0 Å². The first-order valence-electron chi connectivity index (χ1n) is 7.39. The number of aryl methyl sites for hydroxylation is 1. The van der Waals surface area contributed by atoms with Gasteiger partial charge in [0.15, 0.2) is 6.61 Å². The van der Waals surface area contributed by atoms with E-state index in [1.807, 2.05) is 19.1 Å². The summed E-state index contributed by atoms with van der Waals surface area (Å²) >= 11 is 5.78. The van der Waals surface area contributed by atoms with Gasteiger partial charge in [-0.2, -0.15) is 5.10 Å². The van der Waals surface area contributed by atoms with E-state index in [9.17, 15) is 4.79 Å². The molecule has 1 N–H and O–H groups in total. The zero-order valence-corrected chi connectivity index (χ0v) is 13.9. The number of hydrogen-bond acceptors (Lipinski definition) is 3. The summed E-state index contributed by atoms with van der Waals surface area (Å²) in [6.45, 7) is 3.85. The van der Waals surface area contributed by atoms with Crippen LogP contribution in [-0.4, -0.2) is 18.2 Å². The maximum atomic E-state index is 11.8. The van der Waals surface area contributed by atoms with Gasteiger partial charge in [-0.25, -0.2) is 5.43 Å². The number of ether oxygens (including phenoxy) is 1. The quantitative estimate of drug-likeness (QED) is 0.646. The smallest absolute Gasteiger partial charge is 0.277 e. The summed E-state index contributed by atoms with van der Waals surface area (Å²) in [7, 11) is 0. The van der Waals surface area contributed by atoms with Gasteiger partial charge in [-0.05, 0) is 48.7 Å². The Labute approximate surface area is 141 Å². The number of carbonyl (C=O) groups is 1. The number of amides is 1. The lowest BCUT2D eigenvalue weighted by atomic mass is 10.1. The van der Waals surface area contributed by atoms with Crippen molar-refractivity contribution < 1.29 is 9.53 Å². The second-order valence-electron chi connectivity index (χ2n) is 5.03. The average molecular weight is 331 g/mol. The van der Waals surface area contributed by atoms with E-state index in [0.717, 1.165) is 17.7 Å². The van der Waals surface area contributed by atoms with E-state index in [4.69, 9.17) is 16.3 Å². The van der Waals surface area contributed by atoms with Crippen LogP contribution in [0.1, 0.15) is 25.0 Å². The molecule has 0 bridgehead atoms. The molecule has 0 radical (unpaired) electrons. The van der Waals surface area contributed by atoms with Crippen molar-refractivity contribution in [1.82, 2.24) is 5.43 Å². The van der Waals surface area contributed by atoms with Gasteiger partial charge in [-0.3, -0.25) is 4.79 Å². The van der Waals surface area contributed by atoms with Crippen LogP contribution in [0.15, 0.2) is 53.6 Å². The first-order valence-corrected chi connectivity index (χ1v) is 7.77. The Morgan fingerprint density at radius 3 is 2.39 bits per heavy atom. The van der Waals surface area contributed by atoms with Crippen molar-refractivity contribution in [3.05, 3.63) is 64.7 Å². The third-order valence-corrected chi connectivity index (χ3v) is 3.56. The number of benzene rings is 2. The predicted octanol–water partition coefficient (Wildman–Crippen LogP) is 3.82. The Morgan fingerprint density at radius 2 is 1.78 bits per heavy atom. The number of hydrogen-bond donors (Lipinski definition) is 1. The van der Waals surface area contributed by atoms with E-state index in [2.05, 4.69) is 29.6 Å². The largest absolute Gasteiger partial charge is 0.484 e. The Hall–Kier alpha value is -2.33. The Balaban J connectivity index is 1.85. The molecule has 0 heterocycles. The molecular formula is C18H19ClN2O2. The molecule has 2 aromatic carbocycles. The van der Waals surface area contributed by atoms with Gasteiger partial charge in [0.1, 0.15) is 5.75 Å². The van der Waals surface area contributed by atoms with Crippen LogP contribution < -0.4 is 10.2 Å². The highest BCUT2D eigenvalue weighted by atomic mass is 35.5. The topological polar surface area (TPSA) is 50.7 Å². The van der Waals surface area contributed by atoms with Gasteiger partial charge < -0.3 is 4.74 Å². The van der Waals surface area contributed by atoms with Crippen LogP contribution in [0, 0.1) is 0 Å². The minimum atomic E-state index is -0.315. The molecule has 0 fully saturated rings. The summed E-state index contributed by atoms with van der Waals surface area (Å²) < 4.78 is 5.35. The van der Waals surface area contributed by atoms with Crippen molar-refractivity contribution in [3.63, 3.8) is 0 Å². The minimum Gasteiger partial charge on any atom is -0.484 e. The SMILES string of the molecule is CCc1ccc(C(C)=NNC(=O)COc2ccc(Cl)cc2)cc1. The summed E-state index contributed by atoms with van der Waals surface area (Å²) in [6.07, 6.45) is 0.995. The molecule has 1 amide bonds. The van der Waals surface area contributed by atoms with Crippen molar-refractivity contribution in [2.45, 2.75) is 20.3 Å². The highest BCUT2D eigenvalue weighted by molar-refractivity contribution is 6.30. The fourth-order valence-corrected chi connectivity index (χ4v) is 2.03. The van der Waals surface area contributed by atoms with Gasteiger partial charge in [0.2, 0.25) is 0 Å². The van der Waals surface area contributed by atoms with Gasteiger partial charge in [0, 0.05) is 5.02 Å². The second-order valence-corrected chi connectivity index (χ2v) is 5.46. The molecule has 4 nitrogen and oxygen atoms in total. The molecule has 2 aromatic rings. The fourth-order valence-electron chi connectivity index (χ4n) is 1.90. The molecule has 2 rings (SSSR count). The first-order chi connectivity index (χ1) is 11.1. The van der Waals surface area contributed by atoms with E-state index in [1.165, 1.54) is 5.56 Å². The van der Waals surface area contributed by atoms with Crippen LogP contribution in [0.3, 0.4) is 0 Å². The summed E-state index contributed by atoms with van der Waals surface area (Å²) in [5.74, 6) is 0.268. The van der Waals surface area contributed by atoms with E-state index in [1.54, 1.807) is 24.3 Å². The number of halogens is 1. The zero-order chi connectivity index (χ0) is 16.7. The lowest BCUT2D eigenvalue weighted by Crippen LogP contribution is -2.25. The van der Waals surface area contributed by atoms with Gasteiger partial charge in [-0.1, -0.05) is 42.8 Å². The Bertz CT molecular complexity index is 679. The Morgan fingerprint density at radius 1 is 1.13 bits per heavy atom. The van der Waals surface area contributed by atoms with Crippen LogP contribution >= 0.6 is 11.6 Å². The van der Waals surface area contributed by atoms with Crippen molar-refractivity contribution in [2.24, 2.45) is 5.10 Å². The minimum absolute atomic E-state index is 0.104. The summed E-state index contributed by atoms with van der Waals surface area (Å²) in [5, 5.41) is 4.71. The van der Waals surface area contributed by atoms with Crippen LogP contribution in [0.2, 0.25) is 5.02 Å². The van der Waals surface area contributed by atoms with Crippen LogP contribution in [-0.2, 0) is 11.2 Å². The van der Waals surface area contributed by atoms with Crippen LogP contribution in [0.5, 0.6) is 5.75 Å². The molecule has 0 aliphatic heterocycles.